The van der Waals surface area contributed by atoms with Crippen molar-refractivity contribution < 1.29 is 14.3 Å². The monoisotopic (exact) mass is 425 g/mol. The van der Waals surface area contributed by atoms with E-state index in [4.69, 9.17) is 4.74 Å². The Balaban J connectivity index is 1.47. The number of amides is 1. The van der Waals surface area contributed by atoms with Crippen LogP contribution < -0.4 is 5.32 Å². The number of nitrogens with one attached hydrogen (secondary N) is 1. The highest BCUT2D eigenvalue weighted by molar-refractivity contribution is 5.97. The fourth-order valence-electron chi connectivity index (χ4n) is 3.51. The molecule has 0 fully saturated rings. The first kappa shape index (κ1) is 21.1. The smallest absolute Gasteiger partial charge is 0.337 e. The molecule has 4 aromatic rings. The lowest BCUT2D eigenvalue weighted by atomic mass is 9.98. The highest BCUT2D eigenvalue weighted by Gasteiger charge is 2.12. The van der Waals surface area contributed by atoms with Crippen LogP contribution >= 0.6 is 0 Å². The molecule has 6 heteroatoms. The molecule has 0 bridgehead atoms. The van der Waals surface area contributed by atoms with Gasteiger partial charge in [-0.15, -0.1) is 0 Å². The summed E-state index contributed by atoms with van der Waals surface area (Å²) in [5.74, 6) is -0.721. The summed E-state index contributed by atoms with van der Waals surface area (Å²) in [5.41, 5.74) is 5.05. The van der Waals surface area contributed by atoms with Crippen LogP contribution in [0, 0.1) is 0 Å². The van der Waals surface area contributed by atoms with Crippen LogP contribution in [0.2, 0.25) is 0 Å². The van der Waals surface area contributed by atoms with Crippen molar-refractivity contribution in [2.45, 2.75) is 13.1 Å². The third kappa shape index (κ3) is 4.92. The molecule has 0 aliphatic carbocycles. The Bertz CT molecular complexity index is 1220. The van der Waals surface area contributed by atoms with Gasteiger partial charge in [0.1, 0.15) is 0 Å². The van der Waals surface area contributed by atoms with Crippen molar-refractivity contribution in [3.05, 3.63) is 114 Å². The van der Waals surface area contributed by atoms with Crippen LogP contribution in [0.1, 0.15) is 31.8 Å². The Morgan fingerprint density at radius 3 is 2.47 bits per heavy atom. The number of hydrogen-bond donors (Lipinski definition) is 1. The van der Waals surface area contributed by atoms with E-state index in [2.05, 4.69) is 34.7 Å². The van der Waals surface area contributed by atoms with Crippen molar-refractivity contribution in [1.29, 1.82) is 0 Å². The standard InChI is InChI=1S/C26H23N3O3/c1-32-26(31)22-8-4-7-21(16-22)25(30)27-17-23-6-2-3-9-24(23)20-12-10-19(11-13-20)18-29-15-5-14-28-29/h2-16H,17-18H2,1H3,(H,27,30). The van der Waals surface area contributed by atoms with E-state index in [1.54, 1.807) is 24.4 Å². The Morgan fingerprint density at radius 2 is 1.72 bits per heavy atom. The summed E-state index contributed by atoms with van der Waals surface area (Å²) < 4.78 is 6.61. The average Bonchev–Trinajstić information content (AvgIpc) is 3.36. The van der Waals surface area contributed by atoms with Crippen LogP contribution in [0.4, 0.5) is 0 Å². The quantitative estimate of drug-likeness (QED) is 0.448. The second-order valence-electron chi connectivity index (χ2n) is 7.31. The molecular formula is C26H23N3O3. The lowest BCUT2D eigenvalue weighted by molar-refractivity contribution is 0.0600. The van der Waals surface area contributed by atoms with Gasteiger partial charge in [-0.2, -0.15) is 5.10 Å². The van der Waals surface area contributed by atoms with E-state index >= 15 is 0 Å². The third-order valence-electron chi connectivity index (χ3n) is 5.17. The maximum atomic E-state index is 12.7. The van der Waals surface area contributed by atoms with Gasteiger partial charge in [0.25, 0.3) is 5.91 Å². The van der Waals surface area contributed by atoms with Gasteiger partial charge >= 0.3 is 5.97 Å². The summed E-state index contributed by atoms with van der Waals surface area (Å²) >= 11 is 0. The van der Waals surface area contributed by atoms with Gasteiger partial charge in [-0.3, -0.25) is 9.48 Å². The zero-order valence-electron chi connectivity index (χ0n) is 17.7. The SMILES string of the molecule is COC(=O)c1cccc(C(=O)NCc2ccccc2-c2ccc(Cn3cccn3)cc2)c1. The lowest BCUT2D eigenvalue weighted by Gasteiger charge is -2.12. The molecule has 4 rings (SSSR count). The van der Waals surface area contributed by atoms with E-state index in [9.17, 15) is 9.59 Å². The molecule has 0 atom stereocenters. The number of carbonyl (C=O) groups is 2. The summed E-state index contributed by atoms with van der Waals surface area (Å²) in [6.07, 6.45) is 3.71. The van der Waals surface area contributed by atoms with E-state index in [-0.39, 0.29) is 5.91 Å². The van der Waals surface area contributed by atoms with Crippen molar-refractivity contribution in [2.24, 2.45) is 0 Å². The maximum absolute atomic E-state index is 12.7. The second kappa shape index (κ2) is 9.75. The molecule has 32 heavy (non-hydrogen) atoms. The van der Waals surface area contributed by atoms with Gasteiger partial charge in [0.15, 0.2) is 0 Å². The molecule has 0 unspecified atom stereocenters. The van der Waals surface area contributed by atoms with Crippen LogP contribution in [0.5, 0.6) is 0 Å². The molecule has 0 aliphatic rings. The van der Waals surface area contributed by atoms with Crippen LogP contribution in [0.3, 0.4) is 0 Å². The lowest BCUT2D eigenvalue weighted by Crippen LogP contribution is -2.23. The summed E-state index contributed by atoms with van der Waals surface area (Å²) in [4.78, 5) is 24.4. The topological polar surface area (TPSA) is 73.2 Å². The molecule has 1 heterocycles. The fraction of sp³-hybridized carbons (Fsp3) is 0.115. The van der Waals surface area contributed by atoms with E-state index in [1.807, 2.05) is 41.2 Å². The van der Waals surface area contributed by atoms with Crippen molar-refractivity contribution >= 4 is 11.9 Å². The minimum Gasteiger partial charge on any atom is -0.465 e. The minimum atomic E-state index is -0.471. The van der Waals surface area contributed by atoms with Crippen molar-refractivity contribution in [1.82, 2.24) is 15.1 Å². The minimum absolute atomic E-state index is 0.250. The molecule has 0 radical (unpaired) electrons. The zero-order valence-corrected chi connectivity index (χ0v) is 17.7. The number of hydrogen-bond acceptors (Lipinski definition) is 4. The van der Waals surface area contributed by atoms with E-state index < -0.39 is 5.97 Å². The third-order valence-corrected chi connectivity index (χ3v) is 5.17. The molecule has 6 nitrogen and oxygen atoms in total. The number of ether oxygens (including phenoxy) is 1. The molecule has 3 aromatic carbocycles. The Labute approximate surface area is 186 Å². The molecule has 160 valence electrons. The van der Waals surface area contributed by atoms with E-state index in [1.165, 1.54) is 13.2 Å². The molecular weight excluding hydrogens is 402 g/mol. The largest absolute Gasteiger partial charge is 0.465 e. The van der Waals surface area contributed by atoms with Crippen LogP contribution in [0.25, 0.3) is 11.1 Å². The second-order valence-corrected chi connectivity index (χ2v) is 7.31. The maximum Gasteiger partial charge on any atom is 0.337 e. The number of benzene rings is 3. The molecule has 1 amide bonds. The zero-order chi connectivity index (χ0) is 22.3. The molecule has 0 saturated heterocycles. The van der Waals surface area contributed by atoms with Gasteiger partial charge in [-0.1, -0.05) is 54.6 Å². The van der Waals surface area contributed by atoms with Gasteiger partial charge < -0.3 is 10.1 Å². The summed E-state index contributed by atoms with van der Waals surface area (Å²) in [7, 11) is 1.32. The highest BCUT2D eigenvalue weighted by Crippen LogP contribution is 2.24. The van der Waals surface area contributed by atoms with Gasteiger partial charge in [0.2, 0.25) is 0 Å². The molecule has 1 N–H and O–H groups in total. The fourth-order valence-corrected chi connectivity index (χ4v) is 3.51. The first-order chi connectivity index (χ1) is 15.6. The van der Waals surface area contributed by atoms with E-state index in [0.717, 1.165) is 28.8 Å². The summed E-state index contributed by atoms with van der Waals surface area (Å²) in [6, 6.07) is 24.7. The highest BCUT2D eigenvalue weighted by atomic mass is 16.5. The predicted molar refractivity (Wildman–Crippen MR) is 122 cm³/mol. The van der Waals surface area contributed by atoms with Gasteiger partial charge in [0.05, 0.1) is 19.2 Å². The van der Waals surface area contributed by atoms with Crippen molar-refractivity contribution in [3.8, 4) is 11.1 Å². The normalized spacial score (nSPS) is 10.5. The molecule has 0 saturated carbocycles. The molecule has 0 spiro atoms. The summed E-state index contributed by atoms with van der Waals surface area (Å²) in [5, 5.41) is 7.19. The number of nitrogens with zero attached hydrogens (tertiary/aromatic N) is 2. The van der Waals surface area contributed by atoms with Crippen molar-refractivity contribution in [2.75, 3.05) is 7.11 Å². The summed E-state index contributed by atoms with van der Waals surface area (Å²) in [6.45, 7) is 1.09. The average molecular weight is 425 g/mol. The number of carbonyl (C=O) groups excluding carboxylic acids is 2. The Morgan fingerprint density at radius 1 is 0.938 bits per heavy atom. The van der Waals surface area contributed by atoms with Gasteiger partial charge in [-0.05, 0) is 46.5 Å². The van der Waals surface area contributed by atoms with Gasteiger partial charge in [0, 0.05) is 24.5 Å². The van der Waals surface area contributed by atoms with Crippen molar-refractivity contribution in [3.63, 3.8) is 0 Å². The van der Waals surface area contributed by atoms with Crippen LogP contribution in [-0.4, -0.2) is 28.8 Å². The van der Waals surface area contributed by atoms with Crippen LogP contribution in [-0.2, 0) is 17.8 Å². The molecule has 0 aliphatic heterocycles. The first-order valence-electron chi connectivity index (χ1n) is 10.3. The first-order valence-corrected chi connectivity index (χ1v) is 10.3. The number of esters is 1. The Hall–Kier alpha value is -4.19. The predicted octanol–water partition coefficient (Wildman–Crippen LogP) is 4.32. The molecule has 1 aromatic heterocycles. The Kier molecular flexibility index (Phi) is 6.41. The van der Waals surface area contributed by atoms with Gasteiger partial charge in [-0.25, -0.2) is 4.79 Å². The number of methoxy groups -OCH3 is 1. The number of aromatic nitrogens is 2. The van der Waals surface area contributed by atoms with Crippen LogP contribution in [0.15, 0.2) is 91.3 Å². The number of rotatable bonds is 7. The van der Waals surface area contributed by atoms with E-state index in [0.29, 0.717) is 17.7 Å².